The van der Waals surface area contributed by atoms with Gasteiger partial charge >= 0.3 is 0 Å². The summed E-state index contributed by atoms with van der Waals surface area (Å²) < 4.78 is 8.86. The predicted molar refractivity (Wildman–Crippen MR) is 266 cm³/mol. The Balaban J connectivity index is 1.09. The van der Waals surface area contributed by atoms with E-state index < -0.39 is 11.1 Å². The van der Waals surface area contributed by atoms with Gasteiger partial charge in [-0.2, -0.15) is 5.10 Å². The van der Waals surface area contributed by atoms with Gasteiger partial charge in [-0.15, -0.1) is 15.0 Å². The van der Waals surface area contributed by atoms with E-state index in [0.29, 0.717) is 28.4 Å². The van der Waals surface area contributed by atoms with Crippen molar-refractivity contribution in [2.75, 3.05) is 36.4 Å². The van der Waals surface area contributed by atoms with Crippen LogP contribution in [0.5, 0.6) is 5.75 Å². The molecule has 0 unspecified atom stereocenters. The number of pyridine rings is 2. The molecule has 12 heteroatoms. The van der Waals surface area contributed by atoms with Gasteiger partial charge < -0.3 is 20.3 Å². The first-order valence-electron chi connectivity index (χ1n) is 23.0. The van der Waals surface area contributed by atoms with Crippen LogP contribution in [-0.2, 0) is 17.7 Å². The van der Waals surface area contributed by atoms with Crippen LogP contribution in [-0.4, -0.2) is 66.1 Å². The normalized spacial score (nSPS) is 13.1. The molecule has 334 valence electrons. The van der Waals surface area contributed by atoms with Gasteiger partial charge in [-0.1, -0.05) is 187 Å². The van der Waals surface area contributed by atoms with Gasteiger partial charge in [-0.3, -0.25) is 0 Å². The van der Waals surface area contributed by atoms with E-state index in [4.69, 9.17) is 35.2 Å². The van der Waals surface area contributed by atoms with E-state index in [-0.39, 0.29) is 6.61 Å². The molecule has 0 saturated carbocycles. The van der Waals surface area contributed by atoms with Crippen molar-refractivity contribution in [1.82, 2.24) is 45.3 Å². The Labute approximate surface area is 394 Å². The van der Waals surface area contributed by atoms with Gasteiger partial charge in [0.05, 0.1) is 11.9 Å². The molecule has 0 aliphatic carbocycles. The zero-order chi connectivity index (χ0) is 45.8. The van der Waals surface area contributed by atoms with Crippen molar-refractivity contribution in [3.8, 4) is 11.4 Å². The van der Waals surface area contributed by atoms with E-state index in [9.17, 15) is 0 Å². The number of hydrogen-bond acceptors (Lipinski definition) is 10. The van der Waals surface area contributed by atoms with Gasteiger partial charge in [0.1, 0.15) is 40.7 Å². The Hall–Kier alpha value is -8.48. The van der Waals surface area contributed by atoms with E-state index in [1.54, 1.807) is 4.80 Å². The number of rotatable bonds is 14. The van der Waals surface area contributed by atoms with Crippen LogP contribution < -0.4 is 20.3 Å². The van der Waals surface area contributed by atoms with Crippen LogP contribution in [0.3, 0.4) is 0 Å². The van der Waals surface area contributed by atoms with Crippen LogP contribution in [0, 0.1) is 6.92 Å². The highest BCUT2D eigenvalue weighted by molar-refractivity contribution is 5.82. The van der Waals surface area contributed by atoms with Crippen LogP contribution in [0.2, 0.25) is 0 Å². The van der Waals surface area contributed by atoms with Crippen molar-refractivity contribution < 1.29 is 4.74 Å². The zero-order valence-corrected chi connectivity index (χ0v) is 37.6. The van der Waals surface area contributed by atoms with E-state index in [2.05, 4.69) is 161 Å². The monoisotopic (exact) mass is 891 g/mol. The summed E-state index contributed by atoms with van der Waals surface area (Å²) in [7, 11) is 0. The molecule has 11 rings (SSSR count). The maximum atomic E-state index is 6.91. The molecule has 0 radical (unpaired) electrons. The maximum absolute atomic E-state index is 6.91. The Morgan fingerprint density at radius 3 is 1.59 bits per heavy atom. The molecule has 0 atom stereocenters. The molecule has 68 heavy (non-hydrogen) atoms. The van der Waals surface area contributed by atoms with E-state index in [1.807, 2.05) is 72.4 Å². The Bertz CT molecular complexity index is 3040. The third kappa shape index (κ3) is 7.70. The maximum Gasteiger partial charge on any atom is 0.185 e. The lowest BCUT2D eigenvalue weighted by Crippen LogP contribution is -2.43. The molecule has 6 aromatic carbocycles. The number of fused-ring (bicyclic) bond motifs is 1. The van der Waals surface area contributed by atoms with Gasteiger partial charge in [-0.05, 0) is 52.4 Å². The summed E-state index contributed by atoms with van der Waals surface area (Å²) in [4.78, 5) is 14.2. The summed E-state index contributed by atoms with van der Waals surface area (Å²) in [5.41, 5.74) is 7.31. The minimum Gasteiger partial charge on any atom is -0.485 e. The molecule has 12 nitrogen and oxygen atoms in total. The number of hydrogen-bond donors (Lipinski definition) is 2. The number of benzene rings is 6. The lowest BCUT2D eigenvalue weighted by molar-refractivity contribution is 0.302. The summed E-state index contributed by atoms with van der Waals surface area (Å²) in [5.74, 6) is 1.96. The van der Waals surface area contributed by atoms with Crippen LogP contribution >= 0.6 is 0 Å². The molecule has 2 N–H and O–H groups in total. The number of nitrogens with one attached hydrogen (secondary N) is 2. The summed E-state index contributed by atoms with van der Waals surface area (Å²) in [6, 6.07) is 68.7. The molecule has 1 aliphatic rings. The number of anilines is 2. The van der Waals surface area contributed by atoms with Crippen molar-refractivity contribution in [2.45, 2.75) is 24.6 Å². The second-order valence-corrected chi connectivity index (χ2v) is 16.9. The van der Waals surface area contributed by atoms with Crippen molar-refractivity contribution in [2.24, 2.45) is 0 Å². The highest BCUT2D eigenvalue weighted by Crippen LogP contribution is 2.44. The quantitative estimate of drug-likeness (QED) is 0.102. The summed E-state index contributed by atoms with van der Waals surface area (Å²) >= 11 is 0. The summed E-state index contributed by atoms with van der Waals surface area (Å²) in [5, 5.41) is 27.2. The average molecular weight is 892 g/mol. The highest BCUT2D eigenvalue weighted by atomic mass is 16.5. The highest BCUT2D eigenvalue weighted by Gasteiger charge is 2.43. The van der Waals surface area contributed by atoms with E-state index in [1.165, 1.54) is 0 Å². The SMILES string of the molecule is Cc1nn(-c2ccc(N3CCNCC3)nc2)nc1COc1cc(NC(c2ccccc2)(c2ccccc2)c2ccccc2)nc2c1nnn2C(c1ccccc1)(c1ccccc1)c1ccccc1. The first-order chi connectivity index (χ1) is 33.6. The molecular weight excluding hydrogens is 843 g/mol. The lowest BCUT2D eigenvalue weighted by Gasteiger charge is -2.38. The second kappa shape index (κ2) is 18.4. The molecule has 0 bridgehead atoms. The fourth-order valence-corrected chi connectivity index (χ4v) is 9.53. The lowest BCUT2D eigenvalue weighted by atomic mass is 9.77. The van der Waals surface area contributed by atoms with Crippen molar-refractivity contribution in [3.63, 3.8) is 0 Å². The van der Waals surface area contributed by atoms with Crippen molar-refractivity contribution in [3.05, 3.63) is 251 Å². The Morgan fingerprint density at radius 2 is 1.10 bits per heavy atom. The minimum atomic E-state index is -1.01. The fourth-order valence-electron chi connectivity index (χ4n) is 9.53. The Kier molecular flexibility index (Phi) is 11.4. The summed E-state index contributed by atoms with van der Waals surface area (Å²) in [6.07, 6.45) is 1.82. The number of aryl methyl sites for hydroxylation is 1. The average Bonchev–Trinajstić information content (AvgIpc) is 4.02. The number of piperazine rings is 1. The van der Waals surface area contributed by atoms with Crippen LogP contribution in [0.15, 0.2) is 206 Å². The van der Waals surface area contributed by atoms with E-state index >= 15 is 0 Å². The van der Waals surface area contributed by atoms with Crippen LogP contribution in [0.25, 0.3) is 16.9 Å². The van der Waals surface area contributed by atoms with Crippen LogP contribution in [0.4, 0.5) is 11.6 Å². The molecule has 5 heterocycles. The molecule has 0 spiro atoms. The third-order valence-corrected chi connectivity index (χ3v) is 12.8. The van der Waals surface area contributed by atoms with Gasteiger partial charge in [0.15, 0.2) is 16.9 Å². The van der Waals surface area contributed by atoms with Gasteiger partial charge in [0.2, 0.25) is 0 Å². The zero-order valence-electron chi connectivity index (χ0n) is 37.6. The van der Waals surface area contributed by atoms with Gasteiger partial charge in [0.25, 0.3) is 0 Å². The molecule has 1 fully saturated rings. The number of aromatic nitrogens is 8. The molecule has 10 aromatic rings. The molecular formula is C56H49N11O. The first-order valence-corrected chi connectivity index (χ1v) is 23.0. The van der Waals surface area contributed by atoms with Crippen LogP contribution in [0.1, 0.15) is 44.8 Å². The Morgan fingerprint density at radius 1 is 0.603 bits per heavy atom. The second-order valence-electron chi connectivity index (χ2n) is 16.9. The minimum absolute atomic E-state index is 0.103. The fraction of sp³-hybridized carbons (Fsp3) is 0.143. The number of nitrogens with zero attached hydrogens (tertiary/aromatic N) is 9. The predicted octanol–water partition coefficient (Wildman–Crippen LogP) is 9.34. The smallest absolute Gasteiger partial charge is 0.185 e. The first kappa shape index (κ1) is 42.2. The standard InChI is InChI=1S/C56H49N11O/c1-41-49(63-67(62-41)48-32-33-52(58-39-48)65-36-34-57-35-37-65)40-68-50-38-51(60-55(42-20-8-2-9-21-42,43-22-10-3-11-23-43)44-24-12-4-13-25-44)59-54-53(50)61-64-66(54)56(45-26-14-5-15-27-45,46-28-16-6-17-29-46)47-30-18-7-19-31-47/h2-33,38-39,57H,34-37,40H2,1H3,(H,59,60). The van der Waals surface area contributed by atoms with Crippen molar-refractivity contribution >= 4 is 22.8 Å². The number of ether oxygens (including phenoxy) is 1. The third-order valence-electron chi connectivity index (χ3n) is 12.8. The van der Waals surface area contributed by atoms with Gasteiger partial charge in [0, 0.05) is 32.2 Å². The molecule has 1 saturated heterocycles. The molecule has 4 aromatic heterocycles. The largest absolute Gasteiger partial charge is 0.485 e. The molecule has 0 amide bonds. The molecule has 1 aliphatic heterocycles. The summed E-state index contributed by atoms with van der Waals surface area (Å²) in [6.45, 7) is 5.75. The van der Waals surface area contributed by atoms with Crippen molar-refractivity contribution in [1.29, 1.82) is 0 Å². The topological polar surface area (TPSA) is 124 Å². The van der Waals surface area contributed by atoms with E-state index in [0.717, 1.165) is 76.8 Å². The van der Waals surface area contributed by atoms with Gasteiger partial charge in [-0.25, -0.2) is 14.6 Å².